The first-order valence-electron chi connectivity index (χ1n) is 4.18. The van der Waals surface area contributed by atoms with Gasteiger partial charge in [-0.3, -0.25) is 4.79 Å². The maximum Gasteiger partial charge on any atom is 0.251 e. The number of benzene rings is 1. The summed E-state index contributed by atoms with van der Waals surface area (Å²) >= 11 is 0. The summed E-state index contributed by atoms with van der Waals surface area (Å²) in [6.45, 7) is 1.59. The Labute approximate surface area is 81.6 Å². The number of aromatic hydroxyl groups is 1. The molecule has 4 nitrogen and oxygen atoms in total. The van der Waals surface area contributed by atoms with Gasteiger partial charge >= 0.3 is 0 Å². The smallest absolute Gasteiger partial charge is 0.251 e. The van der Waals surface area contributed by atoms with Crippen LogP contribution in [0.1, 0.15) is 17.3 Å². The first kappa shape index (κ1) is 10.2. The van der Waals surface area contributed by atoms with Crippen molar-refractivity contribution in [2.75, 3.05) is 0 Å². The average Bonchev–Trinajstić information content (AvgIpc) is 2.18. The summed E-state index contributed by atoms with van der Waals surface area (Å²) in [6, 6.07) is 5.31. The van der Waals surface area contributed by atoms with Gasteiger partial charge in [-0.1, -0.05) is 0 Å². The van der Waals surface area contributed by atoms with E-state index in [9.17, 15) is 9.59 Å². The molecule has 0 unspecified atom stereocenters. The Kier molecular flexibility index (Phi) is 3.23. The molecular formula is C10H11NO3. The Bertz CT molecular complexity index is 332. The van der Waals surface area contributed by atoms with Gasteiger partial charge in [0.2, 0.25) is 0 Å². The fourth-order valence-corrected chi connectivity index (χ4v) is 0.937. The lowest BCUT2D eigenvalue weighted by Gasteiger charge is -2.06. The molecule has 0 aromatic heterocycles. The third kappa shape index (κ3) is 2.58. The predicted octanol–water partition coefficient (Wildman–Crippen LogP) is 0.709. The first-order chi connectivity index (χ1) is 6.63. The van der Waals surface area contributed by atoms with Gasteiger partial charge in [-0.05, 0) is 31.2 Å². The molecule has 0 aliphatic heterocycles. The molecular weight excluding hydrogens is 182 g/mol. The third-order valence-corrected chi connectivity index (χ3v) is 1.69. The highest BCUT2D eigenvalue weighted by Gasteiger charge is 2.07. The molecule has 0 aliphatic rings. The van der Waals surface area contributed by atoms with Crippen LogP contribution in [-0.4, -0.2) is 23.3 Å². The molecule has 0 saturated heterocycles. The van der Waals surface area contributed by atoms with E-state index >= 15 is 0 Å². The van der Waals surface area contributed by atoms with Crippen molar-refractivity contribution in [1.82, 2.24) is 5.32 Å². The van der Waals surface area contributed by atoms with E-state index in [-0.39, 0.29) is 11.7 Å². The van der Waals surface area contributed by atoms with Crippen molar-refractivity contribution < 1.29 is 14.7 Å². The van der Waals surface area contributed by atoms with E-state index in [1.807, 2.05) is 0 Å². The zero-order valence-corrected chi connectivity index (χ0v) is 7.73. The fourth-order valence-electron chi connectivity index (χ4n) is 0.937. The van der Waals surface area contributed by atoms with Gasteiger partial charge < -0.3 is 15.2 Å². The van der Waals surface area contributed by atoms with Crippen molar-refractivity contribution in [2.24, 2.45) is 0 Å². The van der Waals surface area contributed by atoms with Crippen LogP contribution in [0.2, 0.25) is 0 Å². The lowest BCUT2D eigenvalue weighted by Crippen LogP contribution is -2.33. The summed E-state index contributed by atoms with van der Waals surface area (Å²) in [5.74, 6) is -0.227. The summed E-state index contributed by atoms with van der Waals surface area (Å²) in [7, 11) is 0. The monoisotopic (exact) mass is 193 g/mol. The Morgan fingerprint density at radius 1 is 1.43 bits per heavy atom. The van der Waals surface area contributed by atoms with E-state index in [2.05, 4.69) is 5.32 Å². The number of hydrogen-bond donors (Lipinski definition) is 2. The topological polar surface area (TPSA) is 66.4 Å². The number of amides is 1. The number of phenolic OH excluding ortho intramolecular Hbond substituents is 1. The van der Waals surface area contributed by atoms with Crippen molar-refractivity contribution in [3.8, 4) is 5.75 Å². The first-order valence-corrected chi connectivity index (χ1v) is 4.18. The van der Waals surface area contributed by atoms with Crippen LogP contribution in [0.4, 0.5) is 0 Å². The normalized spacial score (nSPS) is 11.8. The Morgan fingerprint density at radius 2 is 2.00 bits per heavy atom. The maximum atomic E-state index is 11.4. The maximum absolute atomic E-state index is 11.4. The van der Waals surface area contributed by atoms with Crippen molar-refractivity contribution in [3.63, 3.8) is 0 Å². The number of nitrogens with one attached hydrogen (secondary N) is 1. The average molecular weight is 193 g/mol. The summed E-state index contributed by atoms with van der Waals surface area (Å²) in [6.07, 6.45) is 0.651. The van der Waals surface area contributed by atoms with E-state index in [0.29, 0.717) is 11.8 Å². The van der Waals surface area contributed by atoms with Gasteiger partial charge in [0.15, 0.2) is 0 Å². The Balaban J connectivity index is 2.70. The molecule has 0 radical (unpaired) electrons. The van der Waals surface area contributed by atoms with Crippen molar-refractivity contribution >= 4 is 12.2 Å². The van der Waals surface area contributed by atoms with Crippen LogP contribution in [0, 0.1) is 0 Å². The summed E-state index contributed by atoms with van der Waals surface area (Å²) < 4.78 is 0. The van der Waals surface area contributed by atoms with Gasteiger partial charge in [0.25, 0.3) is 5.91 Å². The molecule has 0 aliphatic carbocycles. The van der Waals surface area contributed by atoms with Crippen molar-refractivity contribution in [2.45, 2.75) is 13.0 Å². The van der Waals surface area contributed by atoms with E-state index in [4.69, 9.17) is 5.11 Å². The highest BCUT2D eigenvalue weighted by molar-refractivity contribution is 5.95. The largest absolute Gasteiger partial charge is 0.508 e. The van der Waals surface area contributed by atoms with Crippen molar-refractivity contribution in [1.29, 1.82) is 0 Å². The van der Waals surface area contributed by atoms with Gasteiger partial charge in [-0.15, -0.1) is 0 Å². The van der Waals surface area contributed by atoms with E-state index in [1.54, 1.807) is 6.92 Å². The van der Waals surface area contributed by atoms with Gasteiger partial charge in [0.1, 0.15) is 12.0 Å². The lowest BCUT2D eigenvalue weighted by atomic mass is 10.2. The molecule has 1 aromatic carbocycles. The van der Waals surface area contributed by atoms with E-state index in [1.165, 1.54) is 24.3 Å². The molecule has 1 aromatic rings. The van der Waals surface area contributed by atoms with Gasteiger partial charge in [-0.25, -0.2) is 0 Å². The minimum atomic E-state index is -0.503. The molecule has 0 spiro atoms. The van der Waals surface area contributed by atoms with Gasteiger partial charge in [0, 0.05) is 5.56 Å². The zero-order valence-electron chi connectivity index (χ0n) is 7.73. The Hall–Kier alpha value is -1.84. The third-order valence-electron chi connectivity index (χ3n) is 1.69. The number of phenols is 1. The highest BCUT2D eigenvalue weighted by Crippen LogP contribution is 2.09. The lowest BCUT2D eigenvalue weighted by molar-refractivity contribution is -0.109. The molecule has 0 saturated carbocycles. The second-order valence-electron chi connectivity index (χ2n) is 2.95. The quantitative estimate of drug-likeness (QED) is 0.695. The molecule has 0 heterocycles. The van der Waals surface area contributed by atoms with Crippen LogP contribution in [-0.2, 0) is 4.79 Å². The van der Waals surface area contributed by atoms with Gasteiger partial charge in [0.05, 0.1) is 6.04 Å². The number of carbonyl (C=O) groups is 2. The molecule has 1 rings (SSSR count). The van der Waals surface area contributed by atoms with Crippen LogP contribution >= 0.6 is 0 Å². The number of aldehydes is 1. The molecule has 74 valence electrons. The van der Waals surface area contributed by atoms with Crippen molar-refractivity contribution in [3.05, 3.63) is 29.8 Å². The van der Waals surface area contributed by atoms with E-state index in [0.717, 1.165) is 0 Å². The molecule has 14 heavy (non-hydrogen) atoms. The highest BCUT2D eigenvalue weighted by atomic mass is 16.3. The van der Waals surface area contributed by atoms with Gasteiger partial charge in [-0.2, -0.15) is 0 Å². The van der Waals surface area contributed by atoms with E-state index < -0.39 is 6.04 Å². The van der Waals surface area contributed by atoms with Crippen LogP contribution in [0.15, 0.2) is 24.3 Å². The summed E-state index contributed by atoms with van der Waals surface area (Å²) in [4.78, 5) is 21.6. The number of rotatable bonds is 3. The summed E-state index contributed by atoms with van der Waals surface area (Å²) in [5, 5.41) is 11.5. The van der Waals surface area contributed by atoms with Crippen LogP contribution < -0.4 is 5.32 Å². The molecule has 1 amide bonds. The fraction of sp³-hybridized carbons (Fsp3) is 0.200. The number of hydrogen-bond acceptors (Lipinski definition) is 3. The minimum absolute atomic E-state index is 0.102. The molecule has 0 bridgehead atoms. The van der Waals surface area contributed by atoms with Crippen LogP contribution in [0.25, 0.3) is 0 Å². The SMILES string of the molecule is C[C@H](C=O)NC(=O)c1ccc(O)cc1. The molecule has 0 fully saturated rings. The second-order valence-corrected chi connectivity index (χ2v) is 2.95. The molecule has 2 N–H and O–H groups in total. The van der Waals surface area contributed by atoms with Crippen LogP contribution in [0.5, 0.6) is 5.75 Å². The second kappa shape index (κ2) is 4.41. The predicted molar refractivity (Wildman–Crippen MR) is 51.1 cm³/mol. The number of carbonyl (C=O) groups excluding carboxylic acids is 2. The minimum Gasteiger partial charge on any atom is -0.508 e. The summed E-state index contributed by atoms with van der Waals surface area (Å²) in [5.41, 5.74) is 0.413. The zero-order chi connectivity index (χ0) is 10.6. The standard InChI is InChI=1S/C10H11NO3/c1-7(6-12)11-10(14)8-2-4-9(13)5-3-8/h2-7,13H,1H3,(H,11,14)/t7-/m1/s1. The molecule has 1 atom stereocenters. The Morgan fingerprint density at radius 3 is 2.50 bits per heavy atom. The molecule has 4 heteroatoms. The van der Waals surface area contributed by atoms with Crippen LogP contribution in [0.3, 0.4) is 0 Å².